The molecule has 0 aliphatic carbocycles. The topological polar surface area (TPSA) is 0 Å². The summed E-state index contributed by atoms with van der Waals surface area (Å²) in [6.07, 6.45) is 2.55. The second-order valence-corrected chi connectivity index (χ2v) is 5.62. The number of thioether (sulfide) groups is 1. The van der Waals surface area contributed by atoms with Crippen molar-refractivity contribution in [1.82, 2.24) is 0 Å². The summed E-state index contributed by atoms with van der Waals surface area (Å²) in [6.45, 7) is 2.30. The predicted molar refractivity (Wildman–Crippen MR) is 57.8 cm³/mol. The van der Waals surface area contributed by atoms with Crippen LogP contribution < -0.4 is 0 Å². The Kier molecular flexibility index (Phi) is 2.47. The van der Waals surface area contributed by atoms with Crippen LogP contribution in [0.15, 0.2) is 27.6 Å². The summed E-state index contributed by atoms with van der Waals surface area (Å²) in [7, 11) is 0. The van der Waals surface area contributed by atoms with Crippen molar-refractivity contribution in [1.29, 1.82) is 0 Å². The average Bonchev–Trinajstić information content (AvgIpc) is 2.05. The van der Waals surface area contributed by atoms with E-state index >= 15 is 0 Å². The number of aryl methyl sites for hydroxylation is 1. The minimum Gasteiger partial charge on any atom is -0.123 e. The van der Waals surface area contributed by atoms with Gasteiger partial charge in [-0.25, -0.2) is 0 Å². The minimum atomic E-state index is 0.790. The first-order valence-electron chi connectivity index (χ1n) is 4.21. The van der Waals surface area contributed by atoms with Gasteiger partial charge >= 0.3 is 0 Å². The van der Waals surface area contributed by atoms with Gasteiger partial charge in [0.15, 0.2) is 0 Å². The smallest absolute Gasteiger partial charge is 0.0178 e. The van der Waals surface area contributed by atoms with Gasteiger partial charge in [-0.3, -0.25) is 0 Å². The fourth-order valence-corrected chi connectivity index (χ4v) is 3.03. The van der Waals surface area contributed by atoms with E-state index in [0.29, 0.717) is 0 Å². The maximum absolute atomic E-state index is 3.50. The van der Waals surface area contributed by atoms with Crippen LogP contribution in [0.2, 0.25) is 0 Å². The number of hydrogen-bond acceptors (Lipinski definition) is 1. The van der Waals surface area contributed by atoms with Gasteiger partial charge in [-0.1, -0.05) is 22.9 Å². The van der Waals surface area contributed by atoms with Crippen LogP contribution in [-0.4, -0.2) is 5.25 Å². The Hall–Kier alpha value is 0.0500. The number of fused-ring (bicyclic) bond motifs is 1. The molecule has 2 heteroatoms. The van der Waals surface area contributed by atoms with E-state index in [2.05, 4.69) is 41.1 Å². The third-order valence-corrected chi connectivity index (χ3v) is 3.95. The van der Waals surface area contributed by atoms with E-state index in [0.717, 1.165) is 5.25 Å². The van der Waals surface area contributed by atoms with Crippen molar-refractivity contribution >= 4 is 27.7 Å². The fourth-order valence-electron chi connectivity index (χ4n) is 1.49. The largest absolute Gasteiger partial charge is 0.123 e. The second-order valence-electron chi connectivity index (χ2n) is 3.22. The normalized spacial score (nSPS) is 22.0. The molecular formula is C10H11BrS. The van der Waals surface area contributed by atoms with Gasteiger partial charge in [0.2, 0.25) is 0 Å². The Balaban J connectivity index is 2.37. The van der Waals surface area contributed by atoms with Gasteiger partial charge in [-0.05, 0) is 36.6 Å². The molecule has 1 aromatic rings. The summed E-state index contributed by atoms with van der Waals surface area (Å²) in [6, 6.07) is 6.60. The first-order valence-corrected chi connectivity index (χ1v) is 5.88. The summed E-state index contributed by atoms with van der Waals surface area (Å²) in [4.78, 5) is 1.47. The molecule has 0 aromatic heterocycles. The van der Waals surface area contributed by atoms with Crippen molar-refractivity contribution in [2.45, 2.75) is 29.9 Å². The molecular weight excluding hydrogens is 232 g/mol. The standard InChI is InChI=1S/C10H11BrS/c1-7-2-3-8-6-9(11)4-5-10(8)12-7/h4-7H,2-3H2,1H3. The molecule has 0 spiro atoms. The van der Waals surface area contributed by atoms with Crippen LogP contribution >= 0.6 is 27.7 Å². The van der Waals surface area contributed by atoms with Gasteiger partial charge in [-0.2, -0.15) is 0 Å². The molecule has 12 heavy (non-hydrogen) atoms. The van der Waals surface area contributed by atoms with E-state index in [1.807, 2.05) is 11.8 Å². The SMILES string of the molecule is CC1CCc2cc(Br)ccc2S1. The van der Waals surface area contributed by atoms with Crippen molar-refractivity contribution in [2.24, 2.45) is 0 Å². The van der Waals surface area contributed by atoms with Crippen molar-refractivity contribution in [3.8, 4) is 0 Å². The molecule has 64 valence electrons. The molecule has 0 bridgehead atoms. The quantitative estimate of drug-likeness (QED) is 0.666. The Bertz CT molecular complexity index is 296. The van der Waals surface area contributed by atoms with Crippen molar-refractivity contribution in [3.05, 3.63) is 28.2 Å². The maximum atomic E-state index is 3.50. The van der Waals surface area contributed by atoms with Crippen LogP contribution in [0.5, 0.6) is 0 Å². The Morgan fingerprint density at radius 2 is 2.33 bits per heavy atom. The van der Waals surface area contributed by atoms with E-state index in [-0.39, 0.29) is 0 Å². The molecule has 0 saturated carbocycles. The third-order valence-electron chi connectivity index (χ3n) is 2.17. The predicted octanol–water partition coefficient (Wildman–Crippen LogP) is 3.88. The Morgan fingerprint density at radius 3 is 3.17 bits per heavy atom. The summed E-state index contributed by atoms with van der Waals surface area (Å²) in [5.74, 6) is 0. The molecule has 1 unspecified atom stereocenters. The van der Waals surface area contributed by atoms with Crippen LogP contribution in [0.25, 0.3) is 0 Å². The van der Waals surface area contributed by atoms with Gasteiger partial charge in [0.1, 0.15) is 0 Å². The van der Waals surface area contributed by atoms with E-state index in [1.54, 1.807) is 0 Å². The zero-order valence-corrected chi connectivity index (χ0v) is 9.41. The maximum Gasteiger partial charge on any atom is 0.0178 e. The highest BCUT2D eigenvalue weighted by Crippen LogP contribution is 2.36. The number of benzene rings is 1. The Labute approximate surface area is 85.9 Å². The molecule has 0 nitrogen and oxygen atoms in total. The molecule has 0 amide bonds. The minimum absolute atomic E-state index is 0.790. The lowest BCUT2D eigenvalue weighted by molar-refractivity contribution is 0.780. The van der Waals surface area contributed by atoms with Gasteiger partial charge in [0, 0.05) is 14.6 Å². The second kappa shape index (κ2) is 3.43. The number of hydrogen-bond donors (Lipinski definition) is 0. The molecule has 1 atom stereocenters. The number of rotatable bonds is 0. The van der Waals surface area contributed by atoms with Crippen LogP contribution in [0.4, 0.5) is 0 Å². The average molecular weight is 243 g/mol. The van der Waals surface area contributed by atoms with Gasteiger partial charge in [0.05, 0.1) is 0 Å². The molecule has 0 fully saturated rings. The van der Waals surface area contributed by atoms with E-state index < -0.39 is 0 Å². The monoisotopic (exact) mass is 242 g/mol. The summed E-state index contributed by atoms with van der Waals surface area (Å²) < 4.78 is 1.21. The lowest BCUT2D eigenvalue weighted by Gasteiger charge is -2.20. The highest BCUT2D eigenvalue weighted by Gasteiger charge is 2.14. The van der Waals surface area contributed by atoms with E-state index in [9.17, 15) is 0 Å². The number of halogens is 1. The first kappa shape index (κ1) is 8.64. The summed E-state index contributed by atoms with van der Waals surface area (Å²) in [5.41, 5.74) is 1.51. The van der Waals surface area contributed by atoms with Crippen LogP contribution in [-0.2, 0) is 6.42 Å². The molecule has 0 radical (unpaired) electrons. The lowest BCUT2D eigenvalue weighted by atomic mass is 10.1. The van der Waals surface area contributed by atoms with Crippen LogP contribution in [0.1, 0.15) is 18.9 Å². The Morgan fingerprint density at radius 1 is 1.50 bits per heavy atom. The highest BCUT2D eigenvalue weighted by molar-refractivity contribution is 9.10. The third kappa shape index (κ3) is 1.69. The highest BCUT2D eigenvalue weighted by atomic mass is 79.9. The summed E-state index contributed by atoms with van der Waals surface area (Å²) >= 11 is 5.50. The van der Waals surface area contributed by atoms with Crippen molar-refractivity contribution < 1.29 is 0 Å². The molecule has 0 N–H and O–H groups in total. The summed E-state index contributed by atoms with van der Waals surface area (Å²) in [5, 5.41) is 0.790. The molecule has 2 rings (SSSR count). The zero-order valence-electron chi connectivity index (χ0n) is 7.01. The van der Waals surface area contributed by atoms with E-state index in [4.69, 9.17) is 0 Å². The lowest BCUT2D eigenvalue weighted by Crippen LogP contribution is -2.06. The van der Waals surface area contributed by atoms with Gasteiger partial charge in [0.25, 0.3) is 0 Å². The molecule has 0 saturated heterocycles. The van der Waals surface area contributed by atoms with E-state index in [1.165, 1.54) is 27.8 Å². The fraction of sp³-hybridized carbons (Fsp3) is 0.400. The van der Waals surface area contributed by atoms with Crippen LogP contribution in [0.3, 0.4) is 0 Å². The molecule has 1 aliphatic rings. The van der Waals surface area contributed by atoms with Crippen molar-refractivity contribution in [3.63, 3.8) is 0 Å². The van der Waals surface area contributed by atoms with Crippen LogP contribution in [0, 0.1) is 0 Å². The zero-order chi connectivity index (χ0) is 8.55. The molecule has 1 aliphatic heterocycles. The molecule has 1 heterocycles. The van der Waals surface area contributed by atoms with Crippen molar-refractivity contribution in [2.75, 3.05) is 0 Å². The first-order chi connectivity index (χ1) is 5.75. The van der Waals surface area contributed by atoms with Gasteiger partial charge < -0.3 is 0 Å². The van der Waals surface area contributed by atoms with Gasteiger partial charge in [-0.15, -0.1) is 11.8 Å². The molecule has 1 aromatic carbocycles.